The monoisotopic (exact) mass is 313 g/mol. The summed E-state index contributed by atoms with van der Waals surface area (Å²) in [5.74, 6) is -0.901. The van der Waals surface area contributed by atoms with Gasteiger partial charge in [-0.2, -0.15) is 0 Å². The Hall–Kier alpha value is -3.22. The van der Waals surface area contributed by atoms with Crippen molar-refractivity contribution in [3.8, 4) is 11.5 Å². The molecule has 0 fully saturated rings. The number of benzene rings is 1. The smallest absolute Gasteiger partial charge is 0.331 e. The largest absolute Gasteiger partial charge is 0.452 e. The second-order valence-corrected chi connectivity index (χ2v) is 4.32. The van der Waals surface area contributed by atoms with Crippen molar-refractivity contribution in [3.63, 3.8) is 0 Å². The highest BCUT2D eigenvalue weighted by Gasteiger charge is 2.12. The molecule has 1 aromatic carbocycles. The molecule has 0 bridgehead atoms. The summed E-state index contributed by atoms with van der Waals surface area (Å²) in [6.07, 6.45) is 6.17. The van der Waals surface area contributed by atoms with Crippen LogP contribution in [0.2, 0.25) is 0 Å². The van der Waals surface area contributed by atoms with Crippen molar-refractivity contribution in [3.05, 3.63) is 54.6 Å². The van der Waals surface area contributed by atoms with Gasteiger partial charge in [-0.25, -0.2) is 4.79 Å². The lowest BCUT2D eigenvalue weighted by molar-refractivity contribution is -0.142. The molecule has 0 aliphatic heterocycles. The van der Waals surface area contributed by atoms with Crippen LogP contribution in [0, 0.1) is 0 Å². The topological polar surface area (TPSA) is 94.3 Å². The van der Waals surface area contributed by atoms with E-state index < -0.39 is 18.5 Å². The molecular formula is C16H15N3O4. The van der Waals surface area contributed by atoms with Crippen LogP contribution in [0.15, 0.2) is 59.1 Å². The lowest BCUT2D eigenvalue weighted by atomic mass is 10.2. The van der Waals surface area contributed by atoms with E-state index in [0.29, 0.717) is 0 Å². The number of allylic oxidation sites excluding steroid dienone is 3. The van der Waals surface area contributed by atoms with Crippen molar-refractivity contribution in [1.82, 2.24) is 10.2 Å². The minimum atomic E-state index is -0.617. The summed E-state index contributed by atoms with van der Waals surface area (Å²) in [6.45, 7) is 1.37. The van der Waals surface area contributed by atoms with Gasteiger partial charge in [-0.05, 0) is 19.1 Å². The van der Waals surface area contributed by atoms with E-state index in [1.54, 1.807) is 24.3 Å². The van der Waals surface area contributed by atoms with Crippen molar-refractivity contribution >= 4 is 17.9 Å². The Morgan fingerprint density at radius 1 is 1.22 bits per heavy atom. The highest BCUT2D eigenvalue weighted by molar-refractivity contribution is 5.92. The predicted molar refractivity (Wildman–Crippen MR) is 83.3 cm³/mol. The maximum atomic E-state index is 11.6. The molecule has 0 saturated carbocycles. The summed E-state index contributed by atoms with van der Waals surface area (Å²) < 4.78 is 10.1. The molecule has 1 N–H and O–H groups in total. The molecule has 1 amide bonds. The zero-order valence-corrected chi connectivity index (χ0v) is 12.4. The minimum absolute atomic E-state index is 0.0608. The number of nitrogens with one attached hydrogen (secondary N) is 1. The predicted octanol–water partition coefficient (Wildman–Crippen LogP) is 2.35. The minimum Gasteiger partial charge on any atom is -0.452 e. The fraction of sp³-hybridized carbons (Fsp3) is 0.125. The van der Waals surface area contributed by atoms with E-state index in [2.05, 4.69) is 15.5 Å². The molecule has 1 aromatic heterocycles. The maximum absolute atomic E-state index is 11.6. The van der Waals surface area contributed by atoms with Gasteiger partial charge in [0.05, 0.1) is 0 Å². The normalized spacial score (nSPS) is 11.0. The van der Waals surface area contributed by atoms with Gasteiger partial charge in [-0.15, -0.1) is 5.10 Å². The Kier molecular flexibility index (Phi) is 5.81. The van der Waals surface area contributed by atoms with Crippen molar-refractivity contribution in [2.75, 3.05) is 11.9 Å². The Bertz CT molecular complexity index is 720. The number of hydrogen-bond acceptors (Lipinski definition) is 6. The van der Waals surface area contributed by atoms with Gasteiger partial charge in [0.2, 0.25) is 5.89 Å². The molecule has 0 spiro atoms. The molecule has 7 heteroatoms. The average molecular weight is 313 g/mol. The molecular weight excluding hydrogens is 298 g/mol. The van der Waals surface area contributed by atoms with Gasteiger partial charge in [-0.3, -0.25) is 10.1 Å². The van der Waals surface area contributed by atoms with E-state index in [-0.39, 0.29) is 11.9 Å². The lowest BCUT2D eigenvalue weighted by Crippen LogP contribution is -2.20. The second-order valence-electron chi connectivity index (χ2n) is 4.32. The first kappa shape index (κ1) is 16.2. The van der Waals surface area contributed by atoms with Crippen molar-refractivity contribution in [2.24, 2.45) is 0 Å². The standard InChI is InChI=1S/C16H15N3O4/c1-2-3-5-10-14(21)22-11-13(20)17-16-19-18-15(23-16)12-8-6-4-7-9-12/h2-10H,11H2,1H3,(H,17,19,20). The summed E-state index contributed by atoms with van der Waals surface area (Å²) in [7, 11) is 0. The highest BCUT2D eigenvalue weighted by Crippen LogP contribution is 2.18. The summed E-state index contributed by atoms with van der Waals surface area (Å²) in [4.78, 5) is 22.9. The summed E-state index contributed by atoms with van der Waals surface area (Å²) in [5, 5.41) is 9.90. The summed E-state index contributed by atoms with van der Waals surface area (Å²) >= 11 is 0. The van der Waals surface area contributed by atoms with E-state index in [1.807, 2.05) is 25.1 Å². The Balaban J connectivity index is 1.84. The summed E-state index contributed by atoms with van der Waals surface area (Å²) in [6, 6.07) is 9.07. The number of nitrogens with zero attached hydrogens (tertiary/aromatic N) is 2. The number of carbonyl (C=O) groups excluding carboxylic acids is 2. The third-order valence-corrected chi connectivity index (χ3v) is 2.57. The SMILES string of the molecule is CC=CC=CC(=O)OCC(=O)Nc1nnc(-c2ccccc2)o1. The van der Waals surface area contributed by atoms with E-state index in [9.17, 15) is 9.59 Å². The number of ether oxygens (including phenoxy) is 1. The number of hydrogen-bond donors (Lipinski definition) is 1. The first-order chi connectivity index (χ1) is 11.2. The molecule has 0 atom stereocenters. The molecule has 0 aliphatic rings. The fourth-order valence-corrected chi connectivity index (χ4v) is 1.56. The van der Waals surface area contributed by atoms with Crippen molar-refractivity contribution in [2.45, 2.75) is 6.92 Å². The van der Waals surface area contributed by atoms with E-state index in [0.717, 1.165) is 5.56 Å². The van der Waals surface area contributed by atoms with Crippen LogP contribution in [0.3, 0.4) is 0 Å². The van der Waals surface area contributed by atoms with Crippen LogP contribution in [-0.2, 0) is 14.3 Å². The molecule has 0 unspecified atom stereocenters. The van der Waals surface area contributed by atoms with Gasteiger partial charge in [0.15, 0.2) is 6.61 Å². The number of rotatable bonds is 6. The molecule has 1 heterocycles. The van der Waals surface area contributed by atoms with Crippen LogP contribution in [0.1, 0.15) is 6.92 Å². The molecule has 23 heavy (non-hydrogen) atoms. The van der Waals surface area contributed by atoms with Crippen LogP contribution < -0.4 is 5.32 Å². The van der Waals surface area contributed by atoms with Gasteiger partial charge >= 0.3 is 12.0 Å². The Morgan fingerprint density at radius 3 is 2.74 bits per heavy atom. The van der Waals surface area contributed by atoms with Crippen LogP contribution in [0.4, 0.5) is 6.01 Å². The van der Waals surface area contributed by atoms with E-state index in [4.69, 9.17) is 9.15 Å². The van der Waals surface area contributed by atoms with Crippen LogP contribution in [-0.4, -0.2) is 28.7 Å². The number of amides is 1. The highest BCUT2D eigenvalue weighted by atomic mass is 16.5. The van der Waals surface area contributed by atoms with Crippen molar-refractivity contribution < 1.29 is 18.7 Å². The zero-order valence-electron chi connectivity index (χ0n) is 12.4. The molecule has 0 radical (unpaired) electrons. The maximum Gasteiger partial charge on any atom is 0.331 e. The number of anilines is 1. The Labute approximate surface area is 132 Å². The fourth-order valence-electron chi connectivity index (χ4n) is 1.56. The molecule has 0 saturated heterocycles. The Morgan fingerprint density at radius 2 is 2.00 bits per heavy atom. The third kappa shape index (κ3) is 5.24. The van der Waals surface area contributed by atoms with Gasteiger partial charge in [0.1, 0.15) is 0 Å². The molecule has 2 aromatic rings. The average Bonchev–Trinajstić information content (AvgIpc) is 3.02. The van der Waals surface area contributed by atoms with E-state index in [1.165, 1.54) is 12.2 Å². The van der Waals surface area contributed by atoms with Crippen molar-refractivity contribution in [1.29, 1.82) is 0 Å². The van der Waals surface area contributed by atoms with Gasteiger partial charge < -0.3 is 9.15 Å². The molecule has 118 valence electrons. The van der Waals surface area contributed by atoms with Crippen LogP contribution >= 0.6 is 0 Å². The van der Waals surface area contributed by atoms with Crippen LogP contribution in [0.25, 0.3) is 11.5 Å². The van der Waals surface area contributed by atoms with Gasteiger partial charge in [-0.1, -0.05) is 41.5 Å². The third-order valence-electron chi connectivity index (χ3n) is 2.57. The number of aromatic nitrogens is 2. The van der Waals surface area contributed by atoms with Crippen LogP contribution in [0.5, 0.6) is 0 Å². The molecule has 2 rings (SSSR count). The first-order valence-corrected chi connectivity index (χ1v) is 6.84. The lowest BCUT2D eigenvalue weighted by Gasteiger charge is -2.00. The second kappa shape index (κ2) is 8.28. The van der Waals surface area contributed by atoms with Gasteiger partial charge in [0, 0.05) is 11.6 Å². The summed E-state index contributed by atoms with van der Waals surface area (Å²) in [5.41, 5.74) is 0.737. The molecule has 7 nitrogen and oxygen atoms in total. The first-order valence-electron chi connectivity index (χ1n) is 6.84. The van der Waals surface area contributed by atoms with E-state index >= 15 is 0 Å². The number of esters is 1. The number of carbonyl (C=O) groups is 2. The quantitative estimate of drug-likeness (QED) is 0.500. The van der Waals surface area contributed by atoms with Gasteiger partial charge in [0.25, 0.3) is 5.91 Å². The molecule has 0 aliphatic carbocycles. The zero-order chi connectivity index (χ0) is 16.5.